The van der Waals surface area contributed by atoms with Gasteiger partial charge in [-0.3, -0.25) is 24.3 Å². The summed E-state index contributed by atoms with van der Waals surface area (Å²) < 4.78 is 17.3. The summed E-state index contributed by atoms with van der Waals surface area (Å²) in [5.41, 5.74) is 1.14. The van der Waals surface area contributed by atoms with Gasteiger partial charge in [0.1, 0.15) is 17.2 Å². The van der Waals surface area contributed by atoms with Gasteiger partial charge in [-0.25, -0.2) is 4.39 Å². The van der Waals surface area contributed by atoms with Crippen LogP contribution in [0, 0.1) is 29.8 Å². The number of hydrogen-bond acceptors (Lipinski definition) is 5. The lowest BCUT2D eigenvalue weighted by atomic mass is 10.2. The lowest BCUT2D eigenvalue weighted by molar-refractivity contribution is -0.386. The Kier molecular flexibility index (Phi) is 6.06. The Labute approximate surface area is 173 Å². The van der Waals surface area contributed by atoms with Crippen LogP contribution in [-0.4, -0.2) is 30.4 Å². The molecule has 0 saturated heterocycles. The van der Waals surface area contributed by atoms with Crippen LogP contribution in [0.3, 0.4) is 0 Å². The van der Waals surface area contributed by atoms with Crippen molar-refractivity contribution in [3.63, 3.8) is 0 Å². The van der Waals surface area contributed by atoms with Crippen molar-refractivity contribution in [2.24, 2.45) is 0 Å². The van der Waals surface area contributed by atoms with Crippen molar-refractivity contribution in [1.29, 1.82) is 0 Å². The predicted octanol–water partition coefficient (Wildman–Crippen LogP) is 3.58. The first-order chi connectivity index (χ1) is 13.8. The molecule has 0 spiro atoms. The molecule has 0 unspecified atom stereocenters. The van der Waals surface area contributed by atoms with Crippen molar-refractivity contribution in [3.8, 4) is 0 Å². The summed E-state index contributed by atoms with van der Waals surface area (Å²) in [7, 11) is 0. The second-order valence-corrected chi connectivity index (χ2v) is 7.27. The molecule has 0 radical (unpaired) electrons. The van der Waals surface area contributed by atoms with Crippen molar-refractivity contribution < 1.29 is 14.1 Å². The molecule has 1 aromatic carbocycles. The first kappa shape index (κ1) is 20.6. The van der Waals surface area contributed by atoms with Crippen molar-refractivity contribution >= 4 is 33.3 Å². The standard InChI is InChI=1S/C18H18BrFN6O3/c1-11-17(26(28)29)12(2)25(22-11)8-7-16(27)21-18-14(19)10-24(23-18)9-13-5-3-4-6-15(13)20/h3-6,10H,7-9H2,1-2H3,(H,21,23,27). The molecule has 1 amide bonds. The number of carbonyl (C=O) groups is 1. The van der Waals surface area contributed by atoms with Crippen molar-refractivity contribution in [2.45, 2.75) is 33.4 Å². The van der Waals surface area contributed by atoms with E-state index in [1.807, 2.05) is 0 Å². The second kappa shape index (κ2) is 8.52. The van der Waals surface area contributed by atoms with Crippen LogP contribution in [0.15, 0.2) is 34.9 Å². The molecule has 0 aliphatic carbocycles. The Morgan fingerprint density at radius 2 is 2.03 bits per heavy atom. The average molecular weight is 465 g/mol. The summed E-state index contributed by atoms with van der Waals surface area (Å²) >= 11 is 3.33. The van der Waals surface area contributed by atoms with E-state index in [2.05, 4.69) is 31.4 Å². The lowest BCUT2D eigenvalue weighted by Crippen LogP contribution is -2.16. The van der Waals surface area contributed by atoms with E-state index in [1.165, 1.54) is 15.4 Å². The Morgan fingerprint density at radius 3 is 2.69 bits per heavy atom. The van der Waals surface area contributed by atoms with Gasteiger partial charge in [0.15, 0.2) is 5.82 Å². The van der Waals surface area contributed by atoms with Crippen LogP contribution in [0.4, 0.5) is 15.9 Å². The Hall–Kier alpha value is -3.08. The zero-order valence-electron chi connectivity index (χ0n) is 15.7. The zero-order chi connectivity index (χ0) is 21.1. The first-order valence-corrected chi connectivity index (χ1v) is 9.50. The molecule has 0 fully saturated rings. The van der Waals surface area contributed by atoms with E-state index in [4.69, 9.17) is 0 Å². The molecule has 3 rings (SSSR count). The van der Waals surface area contributed by atoms with Gasteiger partial charge >= 0.3 is 5.69 Å². The van der Waals surface area contributed by atoms with Crippen LogP contribution >= 0.6 is 15.9 Å². The number of carbonyl (C=O) groups excluding carboxylic acids is 1. The van der Waals surface area contributed by atoms with E-state index in [-0.39, 0.29) is 36.9 Å². The number of benzene rings is 1. The fourth-order valence-corrected chi connectivity index (χ4v) is 3.35. The average Bonchev–Trinajstić information content (AvgIpc) is 3.13. The van der Waals surface area contributed by atoms with Gasteiger partial charge in [-0.15, -0.1) is 0 Å². The molecule has 152 valence electrons. The number of nitrogens with zero attached hydrogens (tertiary/aromatic N) is 5. The number of aryl methyl sites for hydroxylation is 2. The number of nitrogens with one attached hydrogen (secondary N) is 1. The third-order valence-corrected chi connectivity index (χ3v) is 4.92. The van der Waals surface area contributed by atoms with Crippen LogP contribution < -0.4 is 5.32 Å². The number of anilines is 1. The van der Waals surface area contributed by atoms with Crippen molar-refractivity contribution in [3.05, 3.63) is 67.8 Å². The predicted molar refractivity (Wildman–Crippen MR) is 107 cm³/mol. The van der Waals surface area contributed by atoms with Gasteiger partial charge in [0, 0.05) is 18.2 Å². The molecule has 29 heavy (non-hydrogen) atoms. The minimum atomic E-state index is -0.479. The summed E-state index contributed by atoms with van der Waals surface area (Å²) in [6.07, 6.45) is 1.71. The van der Waals surface area contributed by atoms with E-state index >= 15 is 0 Å². The minimum Gasteiger partial charge on any atom is -0.308 e. The number of halogens is 2. The molecule has 11 heteroatoms. The van der Waals surface area contributed by atoms with E-state index < -0.39 is 4.92 Å². The zero-order valence-corrected chi connectivity index (χ0v) is 17.3. The third-order valence-electron chi connectivity index (χ3n) is 4.34. The fraction of sp³-hybridized carbons (Fsp3) is 0.278. The Bertz CT molecular complexity index is 1080. The van der Waals surface area contributed by atoms with Gasteiger partial charge in [-0.05, 0) is 35.8 Å². The monoisotopic (exact) mass is 464 g/mol. The van der Waals surface area contributed by atoms with E-state index in [0.29, 0.717) is 27.2 Å². The normalized spacial score (nSPS) is 10.9. The molecule has 1 N–H and O–H groups in total. The summed E-state index contributed by atoms with van der Waals surface area (Å²) in [6.45, 7) is 3.56. The number of amides is 1. The largest absolute Gasteiger partial charge is 0.312 e. The van der Waals surface area contributed by atoms with E-state index in [9.17, 15) is 19.3 Å². The number of aromatic nitrogens is 4. The molecule has 0 atom stereocenters. The summed E-state index contributed by atoms with van der Waals surface area (Å²) in [4.78, 5) is 22.9. The maximum atomic E-state index is 13.8. The lowest BCUT2D eigenvalue weighted by Gasteiger charge is -2.05. The van der Waals surface area contributed by atoms with Crippen molar-refractivity contribution in [2.75, 3.05) is 5.32 Å². The van der Waals surface area contributed by atoms with Crippen LogP contribution in [0.2, 0.25) is 0 Å². The van der Waals surface area contributed by atoms with Gasteiger partial charge in [0.25, 0.3) is 0 Å². The molecule has 0 bridgehead atoms. The van der Waals surface area contributed by atoms with Gasteiger partial charge in [0.2, 0.25) is 5.91 Å². The SMILES string of the molecule is Cc1nn(CCC(=O)Nc2nn(Cc3ccccc3F)cc2Br)c(C)c1[N+](=O)[O-]. The van der Waals surface area contributed by atoms with Crippen molar-refractivity contribution in [1.82, 2.24) is 19.6 Å². The molecule has 0 saturated carbocycles. The van der Waals surface area contributed by atoms with Gasteiger partial charge in [-0.2, -0.15) is 10.2 Å². The number of rotatable bonds is 7. The van der Waals surface area contributed by atoms with Crippen LogP contribution in [0.1, 0.15) is 23.4 Å². The van der Waals surface area contributed by atoms with Gasteiger partial charge in [0.05, 0.1) is 22.5 Å². The highest BCUT2D eigenvalue weighted by molar-refractivity contribution is 9.10. The van der Waals surface area contributed by atoms with E-state index in [0.717, 1.165) is 0 Å². The summed E-state index contributed by atoms with van der Waals surface area (Å²) in [5, 5.41) is 22.1. The van der Waals surface area contributed by atoms with Crippen LogP contribution in [-0.2, 0) is 17.9 Å². The van der Waals surface area contributed by atoms with Crippen LogP contribution in [0.5, 0.6) is 0 Å². The number of hydrogen-bond donors (Lipinski definition) is 1. The molecule has 2 aromatic heterocycles. The maximum Gasteiger partial charge on any atom is 0.312 e. The highest BCUT2D eigenvalue weighted by Gasteiger charge is 2.22. The maximum absolute atomic E-state index is 13.8. The quantitative estimate of drug-likeness (QED) is 0.424. The molecular weight excluding hydrogens is 447 g/mol. The molecule has 9 nitrogen and oxygen atoms in total. The smallest absolute Gasteiger partial charge is 0.308 e. The fourth-order valence-electron chi connectivity index (χ4n) is 2.94. The number of nitro groups is 1. The summed E-state index contributed by atoms with van der Waals surface area (Å²) in [5.74, 6) is -0.341. The van der Waals surface area contributed by atoms with Gasteiger partial charge in [-0.1, -0.05) is 18.2 Å². The highest BCUT2D eigenvalue weighted by atomic mass is 79.9. The molecule has 0 aliphatic heterocycles. The molecule has 3 aromatic rings. The molecular formula is C18H18BrFN6O3. The molecule has 2 heterocycles. The highest BCUT2D eigenvalue weighted by Crippen LogP contribution is 2.23. The minimum absolute atomic E-state index is 0.0416. The first-order valence-electron chi connectivity index (χ1n) is 8.71. The van der Waals surface area contributed by atoms with Crippen LogP contribution in [0.25, 0.3) is 0 Å². The Morgan fingerprint density at radius 1 is 1.31 bits per heavy atom. The van der Waals surface area contributed by atoms with E-state index in [1.54, 1.807) is 38.2 Å². The van der Waals surface area contributed by atoms with Gasteiger partial charge < -0.3 is 5.32 Å². The topological polar surface area (TPSA) is 108 Å². The summed E-state index contributed by atoms with van der Waals surface area (Å²) in [6, 6.07) is 6.39. The Balaban J connectivity index is 1.63. The second-order valence-electron chi connectivity index (χ2n) is 6.41. The molecule has 0 aliphatic rings. The third kappa shape index (κ3) is 4.67.